The van der Waals surface area contributed by atoms with Gasteiger partial charge in [-0.15, -0.1) is 0 Å². The van der Waals surface area contributed by atoms with Gasteiger partial charge in [-0.3, -0.25) is 0 Å². The minimum absolute atomic E-state index is 0.760. The van der Waals surface area contributed by atoms with Crippen LogP contribution in [0.1, 0.15) is 0 Å². The van der Waals surface area contributed by atoms with E-state index in [2.05, 4.69) is 55.5 Å². The highest BCUT2D eigenvalue weighted by Crippen LogP contribution is 2.22. The molecule has 0 aliphatic heterocycles. The van der Waals surface area contributed by atoms with Gasteiger partial charge in [0.1, 0.15) is 16.7 Å². The lowest BCUT2D eigenvalue weighted by molar-refractivity contribution is 1.14. The Labute approximate surface area is 125 Å². The van der Waals surface area contributed by atoms with Gasteiger partial charge < -0.3 is 5.32 Å². The summed E-state index contributed by atoms with van der Waals surface area (Å²) in [6.45, 7) is 0. The predicted molar refractivity (Wildman–Crippen MR) is 84.9 cm³/mol. The fraction of sp³-hybridized carbons (Fsp3) is 0. The number of hydrogen-bond donors (Lipinski definition) is 1. The molecule has 0 amide bonds. The van der Waals surface area contributed by atoms with E-state index in [0.717, 1.165) is 16.1 Å². The average Bonchev–Trinajstić information content (AvgIpc) is 2.49. The SMILES string of the molecule is Brc1cc(Nc2ccc(-c3ccccc3)cc2)ncn1. The lowest BCUT2D eigenvalue weighted by Gasteiger charge is -2.07. The molecule has 98 valence electrons. The van der Waals surface area contributed by atoms with Gasteiger partial charge in [-0.1, -0.05) is 42.5 Å². The maximum Gasteiger partial charge on any atom is 0.134 e. The quantitative estimate of drug-likeness (QED) is 0.712. The fourth-order valence-electron chi connectivity index (χ4n) is 1.93. The van der Waals surface area contributed by atoms with Crippen LogP contribution in [0.4, 0.5) is 11.5 Å². The molecule has 4 heteroatoms. The summed E-state index contributed by atoms with van der Waals surface area (Å²) in [7, 11) is 0. The van der Waals surface area contributed by atoms with E-state index in [-0.39, 0.29) is 0 Å². The number of nitrogens with zero attached hydrogens (tertiary/aromatic N) is 2. The Kier molecular flexibility index (Phi) is 3.74. The number of benzene rings is 2. The van der Waals surface area contributed by atoms with Crippen LogP contribution in [0.3, 0.4) is 0 Å². The van der Waals surface area contributed by atoms with E-state index in [1.54, 1.807) is 0 Å². The molecular formula is C16H12BrN3. The molecule has 3 aromatic rings. The predicted octanol–water partition coefficient (Wildman–Crippen LogP) is 4.65. The topological polar surface area (TPSA) is 37.8 Å². The van der Waals surface area contributed by atoms with E-state index in [1.807, 2.05) is 36.4 Å². The lowest BCUT2D eigenvalue weighted by atomic mass is 10.1. The number of halogens is 1. The van der Waals surface area contributed by atoms with Crippen LogP contribution in [0.5, 0.6) is 0 Å². The second-order valence-corrected chi connectivity index (χ2v) is 5.11. The Balaban J connectivity index is 1.80. The monoisotopic (exact) mass is 325 g/mol. The zero-order valence-corrected chi connectivity index (χ0v) is 12.2. The van der Waals surface area contributed by atoms with Crippen molar-refractivity contribution in [2.45, 2.75) is 0 Å². The Hall–Kier alpha value is -2.20. The molecule has 0 aliphatic rings. The smallest absolute Gasteiger partial charge is 0.134 e. The molecular weight excluding hydrogens is 314 g/mol. The van der Waals surface area contributed by atoms with Gasteiger partial charge in [0.25, 0.3) is 0 Å². The Morgan fingerprint density at radius 2 is 1.50 bits per heavy atom. The van der Waals surface area contributed by atoms with Gasteiger partial charge in [-0.2, -0.15) is 0 Å². The molecule has 3 rings (SSSR count). The van der Waals surface area contributed by atoms with Crippen molar-refractivity contribution in [2.24, 2.45) is 0 Å². The third-order valence-corrected chi connectivity index (χ3v) is 3.33. The first-order valence-corrected chi connectivity index (χ1v) is 7.00. The summed E-state index contributed by atoms with van der Waals surface area (Å²) in [5.41, 5.74) is 3.40. The lowest BCUT2D eigenvalue weighted by Crippen LogP contribution is -1.94. The molecule has 0 radical (unpaired) electrons. The van der Waals surface area contributed by atoms with Crippen LogP contribution in [0.25, 0.3) is 11.1 Å². The summed E-state index contributed by atoms with van der Waals surface area (Å²) in [5.74, 6) is 0.763. The molecule has 0 fully saturated rings. The van der Waals surface area contributed by atoms with Gasteiger partial charge in [0, 0.05) is 11.8 Å². The van der Waals surface area contributed by atoms with E-state index < -0.39 is 0 Å². The molecule has 1 heterocycles. The van der Waals surface area contributed by atoms with Crippen LogP contribution in [0.15, 0.2) is 71.6 Å². The highest BCUT2D eigenvalue weighted by molar-refractivity contribution is 9.10. The number of anilines is 2. The normalized spacial score (nSPS) is 10.2. The molecule has 1 aromatic heterocycles. The minimum atomic E-state index is 0.760. The van der Waals surface area contributed by atoms with Crippen LogP contribution >= 0.6 is 15.9 Å². The standard InChI is InChI=1S/C16H12BrN3/c17-15-10-16(19-11-18-15)20-14-8-6-13(7-9-14)12-4-2-1-3-5-12/h1-11H,(H,18,19,20). The molecule has 0 aliphatic carbocycles. The van der Waals surface area contributed by atoms with Gasteiger partial charge in [0.15, 0.2) is 0 Å². The average molecular weight is 326 g/mol. The van der Waals surface area contributed by atoms with Crippen molar-refractivity contribution >= 4 is 27.4 Å². The Morgan fingerprint density at radius 1 is 0.800 bits per heavy atom. The molecule has 1 N–H and O–H groups in total. The van der Waals surface area contributed by atoms with Gasteiger partial charge in [-0.25, -0.2) is 9.97 Å². The minimum Gasteiger partial charge on any atom is -0.340 e. The summed E-state index contributed by atoms with van der Waals surface area (Å²) in [5, 5.41) is 3.24. The maximum absolute atomic E-state index is 4.16. The van der Waals surface area contributed by atoms with Crippen molar-refractivity contribution in [1.29, 1.82) is 0 Å². The van der Waals surface area contributed by atoms with Crippen LogP contribution in [-0.4, -0.2) is 9.97 Å². The molecule has 0 atom stereocenters. The first-order chi connectivity index (χ1) is 9.81. The number of nitrogens with one attached hydrogen (secondary N) is 1. The summed E-state index contributed by atoms with van der Waals surface area (Å²) in [6, 6.07) is 20.4. The highest BCUT2D eigenvalue weighted by atomic mass is 79.9. The number of rotatable bonds is 3. The van der Waals surface area contributed by atoms with Crippen molar-refractivity contribution in [1.82, 2.24) is 9.97 Å². The van der Waals surface area contributed by atoms with E-state index in [4.69, 9.17) is 0 Å². The van der Waals surface area contributed by atoms with E-state index in [9.17, 15) is 0 Å². The Bertz CT molecular complexity index is 696. The van der Waals surface area contributed by atoms with Crippen LogP contribution in [0.2, 0.25) is 0 Å². The highest BCUT2D eigenvalue weighted by Gasteiger charge is 1.99. The number of aromatic nitrogens is 2. The van der Waals surface area contributed by atoms with Gasteiger partial charge in [0.2, 0.25) is 0 Å². The third-order valence-electron chi connectivity index (χ3n) is 2.90. The molecule has 0 bridgehead atoms. The second-order valence-electron chi connectivity index (χ2n) is 4.29. The molecule has 0 unspecified atom stereocenters. The first kappa shape index (κ1) is 12.8. The summed E-state index contributed by atoms with van der Waals surface area (Å²) < 4.78 is 0.760. The van der Waals surface area contributed by atoms with Crippen LogP contribution < -0.4 is 5.32 Å². The second kappa shape index (κ2) is 5.84. The summed E-state index contributed by atoms with van der Waals surface area (Å²) in [4.78, 5) is 8.16. The first-order valence-electron chi connectivity index (χ1n) is 6.21. The summed E-state index contributed by atoms with van der Waals surface area (Å²) >= 11 is 3.33. The van der Waals surface area contributed by atoms with E-state index >= 15 is 0 Å². The zero-order chi connectivity index (χ0) is 13.8. The molecule has 0 saturated carbocycles. The third kappa shape index (κ3) is 3.03. The molecule has 3 nitrogen and oxygen atoms in total. The van der Waals surface area contributed by atoms with Crippen molar-refractivity contribution in [3.05, 3.63) is 71.6 Å². The fourth-order valence-corrected chi connectivity index (χ4v) is 2.23. The van der Waals surface area contributed by atoms with E-state index in [1.165, 1.54) is 17.5 Å². The van der Waals surface area contributed by atoms with Gasteiger partial charge >= 0.3 is 0 Å². The zero-order valence-electron chi connectivity index (χ0n) is 10.6. The van der Waals surface area contributed by atoms with Gasteiger partial charge in [-0.05, 0) is 39.2 Å². The van der Waals surface area contributed by atoms with Crippen molar-refractivity contribution in [3.8, 4) is 11.1 Å². The van der Waals surface area contributed by atoms with Crippen molar-refractivity contribution < 1.29 is 0 Å². The maximum atomic E-state index is 4.16. The molecule has 0 spiro atoms. The molecule has 20 heavy (non-hydrogen) atoms. The Morgan fingerprint density at radius 3 is 2.20 bits per heavy atom. The van der Waals surface area contributed by atoms with Crippen LogP contribution in [0, 0.1) is 0 Å². The van der Waals surface area contributed by atoms with Crippen LogP contribution in [-0.2, 0) is 0 Å². The molecule has 2 aromatic carbocycles. The van der Waals surface area contributed by atoms with E-state index in [0.29, 0.717) is 0 Å². The molecule has 0 saturated heterocycles. The van der Waals surface area contributed by atoms with Gasteiger partial charge in [0.05, 0.1) is 0 Å². The number of hydrogen-bond acceptors (Lipinski definition) is 3. The summed E-state index contributed by atoms with van der Waals surface area (Å²) in [6.07, 6.45) is 1.52. The largest absolute Gasteiger partial charge is 0.340 e. The van der Waals surface area contributed by atoms with Crippen molar-refractivity contribution in [3.63, 3.8) is 0 Å². The van der Waals surface area contributed by atoms with Crippen molar-refractivity contribution in [2.75, 3.05) is 5.32 Å².